The lowest BCUT2D eigenvalue weighted by atomic mass is 10.1. The van der Waals surface area contributed by atoms with Crippen molar-refractivity contribution in [3.8, 4) is 6.07 Å². The Balaban J connectivity index is 1.95. The van der Waals surface area contributed by atoms with Crippen LogP contribution in [0.25, 0.3) is 0 Å². The quantitative estimate of drug-likeness (QED) is 0.911. The molecule has 0 aliphatic rings. The summed E-state index contributed by atoms with van der Waals surface area (Å²) in [6, 6.07) is 16.1. The summed E-state index contributed by atoms with van der Waals surface area (Å²) in [4.78, 5) is 14.3. The lowest BCUT2D eigenvalue weighted by Crippen LogP contribution is -2.39. The van der Waals surface area contributed by atoms with Crippen LogP contribution in [0.3, 0.4) is 0 Å². The maximum Gasteiger partial charge on any atom is 0.241 e. The molecular weight excluding hydrogens is 310 g/mol. The van der Waals surface area contributed by atoms with Gasteiger partial charge < -0.3 is 5.32 Å². The molecule has 0 aliphatic carbocycles. The van der Waals surface area contributed by atoms with E-state index in [4.69, 9.17) is 16.9 Å². The first-order chi connectivity index (χ1) is 11.0. The Morgan fingerprint density at radius 3 is 2.39 bits per heavy atom. The molecule has 1 N–H and O–H groups in total. The number of hydrogen-bond donors (Lipinski definition) is 1. The van der Waals surface area contributed by atoms with Crippen LogP contribution in [0.4, 0.5) is 5.69 Å². The lowest BCUT2D eigenvalue weighted by Gasteiger charge is -2.24. The third-order valence-corrected chi connectivity index (χ3v) is 3.92. The van der Waals surface area contributed by atoms with Gasteiger partial charge in [-0.3, -0.25) is 9.69 Å². The van der Waals surface area contributed by atoms with Gasteiger partial charge in [-0.15, -0.1) is 0 Å². The average Bonchev–Trinajstić information content (AvgIpc) is 2.56. The lowest BCUT2D eigenvalue weighted by molar-refractivity contribution is -0.120. The van der Waals surface area contributed by atoms with Crippen molar-refractivity contribution in [1.82, 2.24) is 4.90 Å². The molecule has 0 spiro atoms. The van der Waals surface area contributed by atoms with Crippen molar-refractivity contribution in [3.05, 3.63) is 64.7 Å². The number of rotatable bonds is 5. The first-order valence-corrected chi connectivity index (χ1v) is 7.63. The van der Waals surface area contributed by atoms with E-state index >= 15 is 0 Å². The Kier molecular flexibility index (Phi) is 5.75. The van der Waals surface area contributed by atoms with E-state index in [1.54, 1.807) is 24.3 Å². The zero-order valence-electron chi connectivity index (χ0n) is 13.1. The monoisotopic (exact) mass is 327 g/mol. The number of carbonyl (C=O) groups excluding carboxylic acids is 1. The summed E-state index contributed by atoms with van der Waals surface area (Å²) in [5.74, 6) is -0.0915. The first kappa shape index (κ1) is 17.0. The molecule has 23 heavy (non-hydrogen) atoms. The summed E-state index contributed by atoms with van der Waals surface area (Å²) >= 11 is 5.88. The van der Waals surface area contributed by atoms with Crippen LogP contribution in [0.5, 0.6) is 0 Å². The van der Waals surface area contributed by atoms with E-state index < -0.39 is 0 Å². The number of hydrogen-bond acceptors (Lipinski definition) is 3. The number of halogens is 1. The standard InChI is InChI=1S/C18H18ClN3O/c1-13(22(2)12-15-3-7-16(19)8-4-15)18(23)21-17-9-5-14(11-20)6-10-17/h3-10,13H,12H2,1-2H3,(H,21,23)/t13-/m0/s1. The van der Waals surface area contributed by atoms with Crippen molar-refractivity contribution in [2.24, 2.45) is 0 Å². The highest BCUT2D eigenvalue weighted by atomic mass is 35.5. The third kappa shape index (κ3) is 4.82. The Bertz CT molecular complexity index is 705. The topological polar surface area (TPSA) is 56.1 Å². The molecule has 2 rings (SSSR count). The van der Waals surface area contributed by atoms with Gasteiger partial charge in [-0.1, -0.05) is 23.7 Å². The van der Waals surface area contributed by atoms with Crippen LogP contribution in [-0.4, -0.2) is 23.9 Å². The van der Waals surface area contributed by atoms with Crippen molar-refractivity contribution >= 4 is 23.2 Å². The number of nitriles is 1. The van der Waals surface area contributed by atoms with Gasteiger partial charge >= 0.3 is 0 Å². The molecule has 0 bridgehead atoms. The molecule has 4 nitrogen and oxygen atoms in total. The van der Waals surface area contributed by atoms with Gasteiger partial charge in [0.2, 0.25) is 5.91 Å². The first-order valence-electron chi connectivity index (χ1n) is 7.25. The minimum Gasteiger partial charge on any atom is -0.325 e. The summed E-state index contributed by atoms with van der Waals surface area (Å²) in [7, 11) is 1.90. The van der Waals surface area contributed by atoms with E-state index in [2.05, 4.69) is 5.32 Å². The second-order valence-corrected chi connectivity index (χ2v) is 5.83. The molecule has 0 unspecified atom stereocenters. The number of likely N-dealkylation sites (N-methyl/N-ethyl adjacent to an activating group) is 1. The van der Waals surface area contributed by atoms with Crippen molar-refractivity contribution < 1.29 is 4.79 Å². The van der Waals surface area contributed by atoms with E-state index in [9.17, 15) is 4.79 Å². The molecule has 1 atom stereocenters. The van der Waals surface area contributed by atoms with Crippen molar-refractivity contribution in [3.63, 3.8) is 0 Å². The second kappa shape index (κ2) is 7.77. The molecule has 0 radical (unpaired) electrons. The molecule has 0 saturated heterocycles. The van der Waals surface area contributed by atoms with Crippen molar-refractivity contribution in [2.75, 3.05) is 12.4 Å². The van der Waals surface area contributed by atoms with Gasteiger partial charge in [0.05, 0.1) is 17.7 Å². The number of nitrogens with zero attached hydrogens (tertiary/aromatic N) is 2. The van der Waals surface area contributed by atoms with Crippen LogP contribution < -0.4 is 5.32 Å². The number of amides is 1. The van der Waals surface area contributed by atoms with Crippen LogP contribution in [0.15, 0.2) is 48.5 Å². The Morgan fingerprint density at radius 1 is 1.22 bits per heavy atom. The van der Waals surface area contributed by atoms with Gasteiger partial charge in [-0.2, -0.15) is 5.26 Å². The third-order valence-electron chi connectivity index (χ3n) is 3.67. The highest BCUT2D eigenvalue weighted by Gasteiger charge is 2.18. The average molecular weight is 328 g/mol. The van der Waals surface area contributed by atoms with Crippen molar-refractivity contribution in [2.45, 2.75) is 19.5 Å². The molecule has 0 aromatic heterocycles. The number of nitrogens with one attached hydrogen (secondary N) is 1. The molecule has 0 saturated carbocycles. The van der Waals surface area contributed by atoms with Gasteiger partial charge in [-0.25, -0.2) is 0 Å². The van der Waals surface area contributed by atoms with Crippen LogP contribution in [0, 0.1) is 11.3 Å². The fourth-order valence-electron chi connectivity index (χ4n) is 2.09. The molecule has 2 aromatic carbocycles. The molecule has 2 aromatic rings. The van der Waals surface area contributed by atoms with E-state index in [-0.39, 0.29) is 11.9 Å². The summed E-state index contributed by atoms with van der Waals surface area (Å²) < 4.78 is 0. The van der Waals surface area contributed by atoms with Crippen molar-refractivity contribution in [1.29, 1.82) is 5.26 Å². The highest BCUT2D eigenvalue weighted by Crippen LogP contribution is 2.14. The number of carbonyl (C=O) groups is 1. The summed E-state index contributed by atoms with van der Waals surface area (Å²) in [5.41, 5.74) is 2.34. The van der Waals surface area contributed by atoms with Gasteiger partial charge in [0.15, 0.2) is 0 Å². The van der Waals surface area contributed by atoms with Gasteiger partial charge in [0.1, 0.15) is 0 Å². The molecule has 5 heteroatoms. The molecule has 0 fully saturated rings. The second-order valence-electron chi connectivity index (χ2n) is 5.40. The molecule has 1 amide bonds. The minimum absolute atomic E-state index is 0.0915. The largest absolute Gasteiger partial charge is 0.325 e. The van der Waals surface area contributed by atoms with E-state index in [0.29, 0.717) is 22.8 Å². The predicted octanol–water partition coefficient (Wildman–Crippen LogP) is 3.67. The Labute approximate surface area is 141 Å². The fourth-order valence-corrected chi connectivity index (χ4v) is 2.22. The predicted molar refractivity (Wildman–Crippen MR) is 92.2 cm³/mol. The van der Waals surface area contributed by atoms with Gasteiger partial charge in [0.25, 0.3) is 0 Å². The minimum atomic E-state index is -0.290. The van der Waals surface area contributed by atoms with Crippen LogP contribution >= 0.6 is 11.6 Å². The maximum absolute atomic E-state index is 12.3. The van der Waals surface area contributed by atoms with Crippen LogP contribution in [0.1, 0.15) is 18.1 Å². The zero-order chi connectivity index (χ0) is 16.8. The van der Waals surface area contributed by atoms with Crippen LogP contribution in [-0.2, 0) is 11.3 Å². The van der Waals surface area contributed by atoms with Crippen LogP contribution in [0.2, 0.25) is 5.02 Å². The molecule has 0 aliphatic heterocycles. The SMILES string of the molecule is C[C@@H](C(=O)Nc1ccc(C#N)cc1)N(C)Cc1ccc(Cl)cc1. The molecule has 0 heterocycles. The highest BCUT2D eigenvalue weighted by molar-refractivity contribution is 6.30. The molecular formula is C18H18ClN3O. The van der Waals surface area contributed by atoms with Gasteiger partial charge in [0, 0.05) is 17.3 Å². The number of benzene rings is 2. The fraction of sp³-hybridized carbons (Fsp3) is 0.222. The number of anilines is 1. The summed E-state index contributed by atoms with van der Waals surface area (Å²) in [6.45, 7) is 2.51. The zero-order valence-corrected chi connectivity index (χ0v) is 13.8. The summed E-state index contributed by atoms with van der Waals surface area (Å²) in [6.07, 6.45) is 0. The van der Waals surface area contributed by atoms with E-state index in [0.717, 1.165) is 5.56 Å². The smallest absolute Gasteiger partial charge is 0.241 e. The summed E-state index contributed by atoms with van der Waals surface area (Å²) in [5, 5.41) is 12.3. The normalized spacial score (nSPS) is 11.8. The maximum atomic E-state index is 12.3. The van der Waals surface area contributed by atoms with E-state index in [1.807, 2.05) is 49.2 Å². The van der Waals surface area contributed by atoms with E-state index in [1.165, 1.54) is 0 Å². The molecule has 118 valence electrons. The Hall–Kier alpha value is -2.35. The Morgan fingerprint density at radius 2 is 1.83 bits per heavy atom. The van der Waals surface area contributed by atoms with Gasteiger partial charge in [-0.05, 0) is 55.9 Å².